The third kappa shape index (κ3) is 5.67. The first kappa shape index (κ1) is 22.7. The van der Waals surface area contributed by atoms with Crippen molar-refractivity contribution in [2.24, 2.45) is 5.14 Å². The van der Waals surface area contributed by atoms with E-state index in [-0.39, 0.29) is 17.2 Å². The van der Waals surface area contributed by atoms with Crippen LogP contribution < -0.4 is 10.5 Å². The predicted octanol–water partition coefficient (Wildman–Crippen LogP) is 4.08. The molecule has 0 radical (unpaired) electrons. The molecule has 3 N–H and O–H groups in total. The largest absolute Gasteiger partial charge is 0.326 e. The summed E-state index contributed by atoms with van der Waals surface area (Å²) >= 11 is 6.11. The van der Waals surface area contributed by atoms with Crippen LogP contribution >= 0.6 is 11.6 Å². The normalized spacial score (nSPS) is 11.3. The number of aromatic nitrogens is 2. The fraction of sp³-hybridized carbons (Fsp3) is 0.0833. The van der Waals surface area contributed by atoms with E-state index in [1.54, 1.807) is 53.5 Å². The van der Waals surface area contributed by atoms with Crippen LogP contribution in [0.3, 0.4) is 0 Å². The van der Waals surface area contributed by atoms with Gasteiger partial charge in [-0.1, -0.05) is 66.2 Å². The number of benzene rings is 3. The van der Waals surface area contributed by atoms with Gasteiger partial charge in [0.05, 0.1) is 24.1 Å². The SMILES string of the molecule is NS(=O)(=O)c1cc(NC(=O)Cc2ccccc2Cl)ccc1-c1cnn(Cc2ccccc2)c1. The number of sulfonamides is 1. The molecule has 1 amide bonds. The number of nitrogens with two attached hydrogens (primary N) is 1. The standard InChI is InChI=1S/C24H21ClN4O3S/c25-22-9-5-4-8-18(22)12-24(30)28-20-10-11-21(23(13-20)33(26,31)32)19-14-27-29(16-19)15-17-6-2-1-3-7-17/h1-11,13-14,16H,12,15H2,(H,28,30)(H2,26,31,32). The maximum absolute atomic E-state index is 12.5. The maximum Gasteiger partial charge on any atom is 0.238 e. The van der Waals surface area contributed by atoms with Crippen molar-refractivity contribution in [2.75, 3.05) is 5.32 Å². The van der Waals surface area contributed by atoms with Gasteiger partial charge in [-0.25, -0.2) is 13.6 Å². The molecule has 33 heavy (non-hydrogen) atoms. The van der Waals surface area contributed by atoms with Gasteiger partial charge >= 0.3 is 0 Å². The van der Waals surface area contributed by atoms with Crippen molar-refractivity contribution in [1.29, 1.82) is 0 Å². The molecule has 0 aliphatic rings. The lowest BCUT2D eigenvalue weighted by atomic mass is 10.1. The van der Waals surface area contributed by atoms with Crippen molar-refractivity contribution in [3.05, 3.63) is 101 Å². The molecule has 0 bridgehead atoms. The average molecular weight is 481 g/mol. The molecule has 1 heterocycles. The summed E-state index contributed by atoms with van der Waals surface area (Å²) in [7, 11) is -4.06. The summed E-state index contributed by atoms with van der Waals surface area (Å²) in [5.41, 5.74) is 3.06. The van der Waals surface area contributed by atoms with Crippen molar-refractivity contribution < 1.29 is 13.2 Å². The van der Waals surface area contributed by atoms with Crippen molar-refractivity contribution in [2.45, 2.75) is 17.9 Å². The van der Waals surface area contributed by atoms with E-state index < -0.39 is 10.0 Å². The topological polar surface area (TPSA) is 107 Å². The summed E-state index contributed by atoms with van der Waals surface area (Å²) in [4.78, 5) is 12.4. The zero-order chi connectivity index (χ0) is 23.4. The van der Waals surface area contributed by atoms with E-state index in [1.807, 2.05) is 30.3 Å². The van der Waals surface area contributed by atoms with Crippen molar-refractivity contribution in [3.63, 3.8) is 0 Å². The fourth-order valence-corrected chi connectivity index (χ4v) is 4.44. The molecule has 0 aliphatic heterocycles. The Morgan fingerprint density at radius 1 is 1.03 bits per heavy atom. The van der Waals surface area contributed by atoms with E-state index in [1.165, 1.54) is 6.07 Å². The zero-order valence-corrected chi connectivity index (χ0v) is 19.1. The number of carbonyl (C=O) groups excluding carboxylic acids is 1. The van der Waals surface area contributed by atoms with Gasteiger partial charge in [0.1, 0.15) is 0 Å². The Morgan fingerprint density at radius 2 is 1.76 bits per heavy atom. The van der Waals surface area contributed by atoms with Crippen LogP contribution in [0.1, 0.15) is 11.1 Å². The van der Waals surface area contributed by atoms with Gasteiger partial charge in [-0.15, -0.1) is 0 Å². The molecule has 168 valence electrons. The van der Waals surface area contributed by atoms with Crippen LogP contribution in [0.4, 0.5) is 5.69 Å². The summed E-state index contributed by atoms with van der Waals surface area (Å²) < 4.78 is 26.4. The fourth-order valence-electron chi connectivity index (χ4n) is 3.45. The summed E-state index contributed by atoms with van der Waals surface area (Å²) in [6.07, 6.45) is 3.40. The van der Waals surface area contributed by atoms with Crippen LogP contribution in [0.5, 0.6) is 0 Å². The minimum Gasteiger partial charge on any atom is -0.326 e. The molecule has 0 fully saturated rings. The minimum atomic E-state index is -4.06. The molecule has 4 aromatic rings. The summed E-state index contributed by atoms with van der Waals surface area (Å²) in [6.45, 7) is 0.543. The smallest absolute Gasteiger partial charge is 0.238 e. The summed E-state index contributed by atoms with van der Waals surface area (Å²) in [5.74, 6) is -0.327. The number of hydrogen-bond donors (Lipinski definition) is 2. The Kier molecular flexibility index (Phi) is 6.60. The number of nitrogens with one attached hydrogen (secondary N) is 1. The molecule has 4 rings (SSSR count). The number of carbonyl (C=O) groups is 1. The highest BCUT2D eigenvalue weighted by Crippen LogP contribution is 2.29. The second-order valence-corrected chi connectivity index (χ2v) is 9.42. The quantitative estimate of drug-likeness (QED) is 0.415. The molecule has 9 heteroatoms. The van der Waals surface area contributed by atoms with Crippen molar-refractivity contribution in [3.8, 4) is 11.1 Å². The predicted molar refractivity (Wildman–Crippen MR) is 128 cm³/mol. The Labute approximate surface area is 196 Å². The Bertz CT molecular complexity index is 1400. The van der Waals surface area contributed by atoms with Gasteiger partial charge in [-0.3, -0.25) is 9.48 Å². The molecule has 7 nitrogen and oxygen atoms in total. The van der Waals surface area contributed by atoms with Crippen LogP contribution in [0.2, 0.25) is 5.02 Å². The van der Waals surface area contributed by atoms with Gasteiger partial charge in [0.2, 0.25) is 15.9 Å². The lowest BCUT2D eigenvalue weighted by molar-refractivity contribution is -0.115. The van der Waals surface area contributed by atoms with E-state index in [0.717, 1.165) is 5.56 Å². The summed E-state index contributed by atoms with van der Waals surface area (Å²) in [5, 5.41) is 13.0. The molecular weight excluding hydrogens is 460 g/mol. The van der Waals surface area contributed by atoms with Crippen LogP contribution in [0.25, 0.3) is 11.1 Å². The highest BCUT2D eigenvalue weighted by Gasteiger charge is 2.18. The van der Waals surface area contributed by atoms with Gasteiger partial charge in [0, 0.05) is 28.0 Å². The highest BCUT2D eigenvalue weighted by atomic mass is 35.5. The second-order valence-electron chi connectivity index (χ2n) is 7.48. The number of nitrogens with zero attached hydrogens (tertiary/aromatic N) is 2. The van der Waals surface area contributed by atoms with Gasteiger partial charge in [0.15, 0.2) is 0 Å². The maximum atomic E-state index is 12.5. The van der Waals surface area contributed by atoms with E-state index in [2.05, 4.69) is 10.4 Å². The third-order valence-electron chi connectivity index (χ3n) is 5.01. The van der Waals surface area contributed by atoms with E-state index in [0.29, 0.717) is 33.9 Å². The van der Waals surface area contributed by atoms with Gasteiger partial charge < -0.3 is 5.32 Å². The molecule has 0 atom stereocenters. The Balaban J connectivity index is 1.58. The molecular formula is C24H21ClN4O3S. The Morgan fingerprint density at radius 3 is 2.48 bits per heavy atom. The lowest BCUT2D eigenvalue weighted by Gasteiger charge is -2.11. The highest BCUT2D eigenvalue weighted by molar-refractivity contribution is 7.89. The number of amides is 1. The monoisotopic (exact) mass is 480 g/mol. The van der Waals surface area contributed by atoms with E-state index >= 15 is 0 Å². The van der Waals surface area contributed by atoms with Crippen LogP contribution in [0.15, 0.2) is 90.1 Å². The molecule has 1 aromatic heterocycles. The first-order valence-electron chi connectivity index (χ1n) is 10.1. The van der Waals surface area contributed by atoms with E-state index in [9.17, 15) is 13.2 Å². The first-order chi connectivity index (χ1) is 15.8. The van der Waals surface area contributed by atoms with Crippen molar-refractivity contribution >= 4 is 33.2 Å². The third-order valence-corrected chi connectivity index (χ3v) is 6.33. The number of rotatable bonds is 7. The molecule has 3 aromatic carbocycles. The van der Waals surface area contributed by atoms with Crippen LogP contribution in [-0.4, -0.2) is 24.1 Å². The number of anilines is 1. The van der Waals surface area contributed by atoms with Gasteiger partial charge in [0.25, 0.3) is 0 Å². The Hall–Kier alpha value is -3.46. The molecule has 0 saturated heterocycles. The first-order valence-corrected chi connectivity index (χ1v) is 12.0. The summed E-state index contributed by atoms with van der Waals surface area (Å²) in [6, 6.07) is 21.4. The molecule has 0 aliphatic carbocycles. The van der Waals surface area contributed by atoms with Gasteiger partial charge in [-0.05, 0) is 29.3 Å². The molecule has 0 unspecified atom stereocenters. The van der Waals surface area contributed by atoms with Crippen molar-refractivity contribution in [1.82, 2.24) is 9.78 Å². The van der Waals surface area contributed by atoms with Crippen LogP contribution in [0, 0.1) is 0 Å². The zero-order valence-electron chi connectivity index (χ0n) is 17.5. The average Bonchev–Trinajstić information content (AvgIpc) is 3.24. The number of primary sulfonamides is 1. The molecule has 0 spiro atoms. The minimum absolute atomic E-state index is 0.0540. The van der Waals surface area contributed by atoms with E-state index in [4.69, 9.17) is 16.7 Å². The number of halogens is 1. The van der Waals surface area contributed by atoms with Crippen LogP contribution in [-0.2, 0) is 27.8 Å². The van der Waals surface area contributed by atoms with Gasteiger partial charge in [-0.2, -0.15) is 5.10 Å². The molecule has 0 saturated carbocycles. The lowest BCUT2D eigenvalue weighted by Crippen LogP contribution is -2.17. The second kappa shape index (κ2) is 9.58. The number of hydrogen-bond acceptors (Lipinski definition) is 4.